The highest BCUT2D eigenvalue weighted by molar-refractivity contribution is 5.75. The van der Waals surface area contributed by atoms with E-state index in [0.29, 0.717) is 6.04 Å². The summed E-state index contributed by atoms with van der Waals surface area (Å²) in [5.41, 5.74) is -0.458. The van der Waals surface area contributed by atoms with Crippen LogP contribution in [0.5, 0.6) is 0 Å². The highest BCUT2D eigenvalue weighted by Gasteiger charge is 2.45. The predicted molar refractivity (Wildman–Crippen MR) is 68.0 cm³/mol. The molecule has 1 heterocycles. The molecule has 0 bridgehead atoms. The van der Waals surface area contributed by atoms with Crippen molar-refractivity contribution in [2.45, 2.75) is 58.4 Å². The zero-order chi connectivity index (χ0) is 12.5. The molecule has 0 aromatic rings. The Hall–Kier alpha value is -0.570. The van der Waals surface area contributed by atoms with Gasteiger partial charge < -0.3 is 5.11 Å². The minimum absolute atomic E-state index is 0.458. The summed E-state index contributed by atoms with van der Waals surface area (Å²) in [6.45, 7) is 6.10. The lowest BCUT2D eigenvalue weighted by molar-refractivity contribution is -0.148. The van der Waals surface area contributed by atoms with Crippen LogP contribution in [0.2, 0.25) is 0 Å². The fraction of sp³-hybridized carbons (Fsp3) is 0.929. The first-order chi connectivity index (χ1) is 8.07. The van der Waals surface area contributed by atoms with Crippen LogP contribution < -0.4 is 0 Å². The standard InChI is InChI=1S/C14H25NO2/c1-3-14(13(16)17)7-8-15(10-14)12-6-4-5-11(2)9-12/h11-12H,3-10H2,1-2H3,(H,16,17). The number of carboxylic acid groups (broad SMARTS) is 1. The van der Waals surface area contributed by atoms with Gasteiger partial charge in [0.1, 0.15) is 0 Å². The molecule has 1 N–H and O–H groups in total. The number of hydrogen-bond donors (Lipinski definition) is 1. The highest BCUT2D eigenvalue weighted by Crippen LogP contribution is 2.38. The molecule has 0 spiro atoms. The maximum Gasteiger partial charge on any atom is 0.310 e. The van der Waals surface area contributed by atoms with Crippen molar-refractivity contribution in [3.05, 3.63) is 0 Å². The second-order valence-electron chi connectivity index (χ2n) is 6.09. The summed E-state index contributed by atoms with van der Waals surface area (Å²) in [4.78, 5) is 13.9. The van der Waals surface area contributed by atoms with Gasteiger partial charge in [0.05, 0.1) is 5.41 Å². The summed E-state index contributed by atoms with van der Waals surface area (Å²) in [6.07, 6.45) is 6.80. The van der Waals surface area contributed by atoms with E-state index in [0.717, 1.165) is 31.8 Å². The van der Waals surface area contributed by atoms with Gasteiger partial charge in [-0.25, -0.2) is 0 Å². The van der Waals surface area contributed by atoms with Gasteiger partial charge in [0.15, 0.2) is 0 Å². The Balaban J connectivity index is 1.99. The topological polar surface area (TPSA) is 40.5 Å². The lowest BCUT2D eigenvalue weighted by Gasteiger charge is -2.35. The van der Waals surface area contributed by atoms with Gasteiger partial charge in [0.2, 0.25) is 0 Å². The van der Waals surface area contributed by atoms with Gasteiger partial charge in [0, 0.05) is 12.6 Å². The second kappa shape index (κ2) is 4.97. The summed E-state index contributed by atoms with van der Waals surface area (Å²) in [5, 5.41) is 9.41. The number of carbonyl (C=O) groups is 1. The van der Waals surface area contributed by atoms with Crippen LogP contribution in [0.4, 0.5) is 0 Å². The van der Waals surface area contributed by atoms with E-state index in [9.17, 15) is 9.90 Å². The van der Waals surface area contributed by atoms with Gasteiger partial charge in [-0.15, -0.1) is 0 Å². The normalized spacial score (nSPS) is 39.4. The Morgan fingerprint density at radius 3 is 2.76 bits per heavy atom. The Bertz CT molecular complexity index is 292. The van der Waals surface area contributed by atoms with Gasteiger partial charge in [-0.2, -0.15) is 0 Å². The van der Waals surface area contributed by atoms with Crippen LogP contribution in [-0.2, 0) is 4.79 Å². The molecule has 1 aliphatic carbocycles. The number of likely N-dealkylation sites (tertiary alicyclic amines) is 1. The number of rotatable bonds is 3. The molecule has 3 unspecified atom stereocenters. The fourth-order valence-electron chi connectivity index (χ4n) is 3.56. The molecule has 3 atom stereocenters. The van der Waals surface area contributed by atoms with Crippen LogP contribution in [0.15, 0.2) is 0 Å². The summed E-state index contributed by atoms with van der Waals surface area (Å²) < 4.78 is 0. The van der Waals surface area contributed by atoms with Crippen molar-refractivity contribution in [2.24, 2.45) is 11.3 Å². The number of aliphatic carboxylic acids is 1. The number of carboxylic acids is 1. The molecule has 2 fully saturated rings. The molecular weight excluding hydrogens is 214 g/mol. The van der Waals surface area contributed by atoms with Crippen molar-refractivity contribution in [1.29, 1.82) is 0 Å². The molecule has 17 heavy (non-hydrogen) atoms. The summed E-state index contributed by atoms with van der Waals surface area (Å²) >= 11 is 0. The van der Waals surface area contributed by atoms with Gasteiger partial charge in [0.25, 0.3) is 0 Å². The zero-order valence-corrected chi connectivity index (χ0v) is 11.1. The van der Waals surface area contributed by atoms with Crippen LogP contribution in [0, 0.1) is 11.3 Å². The Labute approximate surface area is 104 Å². The average molecular weight is 239 g/mol. The number of nitrogens with zero attached hydrogens (tertiary/aromatic N) is 1. The molecule has 1 saturated carbocycles. The molecule has 0 radical (unpaired) electrons. The smallest absolute Gasteiger partial charge is 0.310 e. The first-order valence-electron chi connectivity index (χ1n) is 7.05. The van der Waals surface area contributed by atoms with E-state index in [1.807, 2.05) is 6.92 Å². The lowest BCUT2D eigenvalue weighted by atomic mass is 9.83. The third-order valence-electron chi connectivity index (χ3n) is 4.94. The minimum Gasteiger partial charge on any atom is -0.481 e. The first kappa shape index (κ1) is 12.9. The Morgan fingerprint density at radius 2 is 2.24 bits per heavy atom. The molecular formula is C14H25NO2. The Kier molecular flexibility index (Phi) is 3.76. The molecule has 2 rings (SSSR count). The largest absolute Gasteiger partial charge is 0.481 e. The van der Waals surface area contributed by atoms with Crippen molar-refractivity contribution in [1.82, 2.24) is 4.90 Å². The van der Waals surface area contributed by atoms with Gasteiger partial charge >= 0.3 is 5.97 Å². The fourth-order valence-corrected chi connectivity index (χ4v) is 3.56. The van der Waals surface area contributed by atoms with Crippen molar-refractivity contribution < 1.29 is 9.90 Å². The van der Waals surface area contributed by atoms with E-state index in [1.165, 1.54) is 25.7 Å². The molecule has 98 valence electrons. The minimum atomic E-state index is -0.591. The average Bonchev–Trinajstić information content (AvgIpc) is 2.74. The first-order valence-corrected chi connectivity index (χ1v) is 7.05. The van der Waals surface area contributed by atoms with Gasteiger partial charge in [-0.05, 0) is 38.1 Å². The van der Waals surface area contributed by atoms with E-state index in [4.69, 9.17) is 0 Å². The molecule has 3 heteroatoms. The third kappa shape index (κ3) is 2.49. The van der Waals surface area contributed by atoms with E-state index >= 15 is 0 Å². The monoisotopic (exact) mass is 239 g/mol. The summed E-state index contributed by atoms with van der Waals surface area (Å²) in [7, 11) is 0. The van der Waals surface area contributed by atoms with E-state index in [2.05, 4.69) is 11.8 Å². The third-order valence-corrected chi connectivity index (χ3v) is 4.94. The summed E-state index contributed by atoms with van der Waals surface area (Å²) in [6, 6.07) is 0.645. The summed E-state index contributed by atoms with van der Waals surface area (Å²) in [5.74, 6) is 0.224. The van der Waals surface area contributed by atoms with Crippen LogP contribution in [-0.4, -0.2) is 35.1 Å². The van der Waals surface area contributed by atoms with Crippen LogP contribution in [0.25, 0.3) is 0 Å². The molecule has 0 amide bonds. The molecule has 0 aromatic heterocycles. The van der Waals surface area contributed by atoms with Crippen LogP contribution in [0.3, 0.4) is 0 Å². The van der Waals surface area contributed by atoms with Crippen molar-refractivity contribution in [3.8, 4) is 0 Å². The molecule has 3 nitrogen and oxygen atoms in total. The van der Waals surface area contributed by atoms with Crippen molar-refractivity contribution in [2.75, 3.05) is 13.1 Å². The predicted octanol–water partition coefficient (Wildman–Crippen LogP) is 2.75. The van der Waals surface area contributed by atoms with Crippen LogP contribution >= 0.6 is 0 Å². The van der Waals surface area contributed by atoms with Gasteiger partial charge in [-0.1, -0.05) is 26.7 Å². The van der Waals surface area contributed by atoms with Crippen LogP contribution in [0.1, 0.15) is 52.4 Å². The van der Waals surface area contributed by atoms with Gasteiger partial charge in [-0.3, -0.25) is 9.69 Å². The highest BCUT2D eigenvalue weighted by atomic mass is 16.4. The second-order valence-corrected chi connectivity index (χ2v) is 6.09. The lowest BCUT2D eigenvalue weighted by Crippen LogP contribution is -2.40. The van der Waals surface area contributed by atoms with Crippen molar-refractivity contribution in [3.63, 3.8) is 0 Å². The SMILES string of the molecule is CCC1(C(=O)O)CCN(C2CCCC(C)C2)C1. The van der Waals surface area contributed by atoms with E-state index in [1.54, 1.807) is 0 Å². The zero-order valence-electron chi connectivity index (χ0n) is 11.1. The molecule has 0 aromatic carbocycles. The quantitative estimate of drug-likeness (QED) is 0.823. The molecule has 2 aliphatic rings. The molecule has 1 aliphatic heterocycles. The van der Waals surface area contributed by atoms with E-state index < -0.39 is 11.4 Å². The molecule has 1 saturated heterocycles. The Morgan fingerprint density at radius 1 is 1.47 bits per heavy atom. The van der Waals surface area contributed by atoms with E-state index in [-0.39, 0.29) is 0 Å². The number of hydrogen-bond acceptors (Lipinski definition) is 2. The van der Waals surface area contributed by atoms with Crippen molar-refractivity contribution >= 4 is 5.97 Å². The maximum absolute atomic E-state index is 11.4. The maximum atomic E-state index is 11.4.